The van der Waals surface area contributed by atoms with Crippen molar-refractivity contribution in [2.24, 2.45) is 0 Å². The third kappa shape index (κ3) is 2.95. The van der Waals surface area contributed by atoms with Gasteiger partial charge in [-0.3, -0.25) is 0 Å². The van der Waals surface area contributed by atoms with E-state index in [4.69, 9.17) is 0 Å². The Morgan fingerprint density at radius 1 is 1.50 bits per heavy atom. The molecular formula is C12H18BrN3. The Morgan fingerprint density at radius 2 is 2.25 bits per heavy atom. The molecule has 0 radical (unpaired) electrons. The molecule has 0 saturated carbocycles. The molecule has 4 heteroatoms. The maximum atomic E-state index is 4.22. The van der Waals surface area contributed by atoms with Crippen molar-refractivity contribution in [1.29, 1.82) is 0 Å². The molecule has 0 unspecified atom stereocenters. The van der Waals surface area contributed by atoms with Crippen LogP contribution in [0, 0.1) is 0 Å². The van der Waals surface area contributed by atoms with Crippen LogP contribution in [0.2, 0.25) is 0 Å². The molecular weight excluding hydrogens is 266 g/mol. The zero-order chi connectivity index (χ0) is 11.4. The van der Waals surface area contributed by atoms with Gasteiger partial charge in [0.15, 0.2) is 0 Å². The second kappa shape index (κ2) is 5.64. The maximum Gasteiger partial charge on any atom is 0.129 e. The van der Waals surface area contributed by atoms with E-state index in [2.05, 4.69) is 44.1 Å². The molecule has 1 saturated heterocycles. The van der Waals surface area contributed by atoms with E-state index in [1.165, 1.54) is 32.5 Å². The average molecular weight is 284 g/mol. The van der Waals surface area contributed by atoms with E-state index in [1.54, 1.807) is 6.20 Å². The van der Waals surface area contributed by atoms with Gasteiger partial charge in [0, 0.05) is 25.3 Å². The van der Waals surface area contributed by atoms with Crippen molar-refractivity contribution in [2.75, 3.05) is 25.0 Å². The third-order valence-electron chi connectivity index (χ3n) is 3.15. The molecule has 3 nitrogen and oxygen atoms in total. The highest BCUT2D eigenvalue weighted by Crippen LogP contribution is 2.22. The summed E-state index contributed by atoms with van der Waals surface area (Å²) >= 11 is 3.46. The molecule has 0 spiro atoms. The highest BCUT2D eigenvalue weighted by atomic mass is 79.9. The molecule has 0 aliphatic carbocycles. The Hall–Kier alpha value is -0.610. The first kappa shape index (κ1) is 11.9. The van der Waals surface area contributed by atoms with Crippen molar-refractivity contribution in [3.8, 4) is 0 Å². The van der Waals surface area contributed by atoms with E-state index in [0.29, 0.717) is 6.04 Å². The Bertz CT molecular complexity index is 335. The summed E-state index contributed by atoms with van der Waals surface area (Å²) in [6.45, 7) is 5.80. The van der Waals surface area contributed by atoms with Gasteiger partial charge < -0.3 is 10.2 Å². The van der Waals surface area contributed by atoms with Gasteiger partial charge in [0.05, 0.1) is 5.69 Å². The molecule has 1 aliphatic rings. The topological polar surface area (TPSA) is 28.2 Å². The molecule has 0 amide bonds. The first-order chi connectivity index (χ1) is 7.79. The highest BCUT2D eigenvalue weighted by Gasteiger charge is 2.18. The van der Waals surface area contributed by atoms with Crippen LogP contribution in [0.3, 0.4) is 0 Å². The Morgan fingerprint density at radius 3 is 2.88 bits per heavy atom. The summed E-state index contributed by atoms with van der Waals surface area (Å²) in [5.41, 5.74) is 1.11. The quantitative estimate of drug-likeness (QED) is 0.865. The predicted molar refractivity (Wildman–Crippen MR) is 70.7 cm³/mol. The van der Waals surface area contributed by atoms with Crippen LogP contribution in [0.15, 0.2) is 22.9 Å². The van der Waals surface area contributed by atoms with Crippen LogP contribution in [0.4, 0.5) is 5.69 Å². The summed E-state index contributed by atoms with van der Waals surface area (Å²) < 4.78 is 0.910. The van der Waals surface area contributed by atoms with E-state index in [0.717, 1.165) is 10.3 Å². The third-order valence-corrected chi connectivity index (χ3v) is 3.79. The summed E-state index contributed by atoms with van der Waals surface area (Å²) in [5.74, 6) is 0. The monoisotopic (exact) mass is 283 g/mol. The Labute approximate surface area is 105 Å². The molecule has 1 fully saturated rings. The number of hydrogen-bond acceptors (Lipinski definition) is 3. The minimum Gasteiger partial charge on any atom is -0.380 e. The largest absolute Gasteiger partial charge is 0.380 e. The average Bonchev–Trinajstić information content (AvgIpc) is 2.33. The van der Waals surface area contributed by atoms with Gasteiger partial charge in [-0.1, -0.05) is 6.92 Å². The van der Waals surface area contributed by atoms with Gasteiger partial charge in [-0.15, -0.1) is 0 Å². The fraction of sp³-hybridized carbons (Fsp3) is 0.583. The number of nitrogens with one attached hydrogen (secondary N) is 1. The van der Waals surface area contributed by atoms with Gasteiger partial charge in [0.25, 0.3) is 0 Å². The summed E-state index contributed by atoms with van der Waals surface area (Å²) in [5, 5.41) is 3.56. The minimum absolute atomic E-state index is 0.586. The van der Waals surface area contributed by atoms with Crippen molar-refractivity contribution >= 4 is 21.6 Å². The van der Waals surface area contributed by atoms with E-state index in [-0.39, 0.29) is 0 Å². The van der Waals surface area contributed by atoms with Crippen molar-refractivity contribution < 1.29 is 0 Å². The molecule has 1 aromatic rings. The number of hydrogen-bond donors (Lipinski definition) is 1. The molecule has 2 rings (SSSR count). The van der Waals surface area contributed by atoms with Gasteiger partial charge >= 0.3 is 0 Å². The predicted octanol–water partition coefficient (Wildman–Crippen LogP) is 2.74. The second-order valence-corrected chi connectivity index (χ2v) is 4.95. The lowest BCUT2D eigenvalue weighted by atomic mass is 10.0. The van der Waals surface area contributed by atoms with Crippen LogP contribution in [0.5, 0.6) is 0 Å². The summed E-state index contributed by atoms with van der Waals surface area (Å²) in [4.78, 5) is 6.72. The fourth-order valence-corrected chi connectivity index (χ4v) is 2.47. The van der Waals surface area contributed by atoms with E-state index in [1.807, 2.05) is 6.07 Å². The lowest BCUT2D eigenvalue weighted by Gasteiger charge is -2.32. The zero-order valence-electron chi connectivity index (χ0n) is 9.62. The number of anilines is 1. The van der Waals surface area contributed by atoms with Crippen molar-refractivity contribution in [3.05, 3.63) is 22.9 Å². The summed E-state index contributed by atoms with van der Waals surface area (Å²) in [7, 11) is 0. The smallest absolute Gasteiger partial charge is 0.129 e. The van der Waals surface area contributed by atoms with Crippen LogP contribution in [-0.4, -0.2) is 35.6 Å². The Kier molecular flexibility index (Phi) is 4.18. The van der Waals surface area contributed by atoms with Crippen LogP contribution in [0.1, 0.15) is 19.8 Å². The van der Waals surface area contributed by atoms with Crippen molar-refractivity contribution in [1.82, 2.24) is 9.88 Å². The zero-order valence-corrected chi connectivity index (χ0v) is 11.2. The lowest BCUT2D eigenvalue weighted by molar-refractivity contribution is 0.229. The van der Waals surface area contributed by atoms with Crippen molar-refractivity contribution in [2.45, 2.75) is 25.8 Å². The van der Waals surface area contributed by atoms with E-state index < -0.39 is 0 Å². The summed E-state index contributed by atoms with van der Waals surface area (Å²) in [6.07, 6.45) is 4.24. The van der Waals surface area contributed by atoms with Gasteiger partial charge in [-0.2, -0.15) is 0 Å². The first-order valence-electron chi connectivity index (χ1n) is 5.89. The molecule has 1 aliphatic heterocycles. The number of pyridine rings is 1. The minimum atomic E-state index is 0.586. The SMILES string of the molecule is CCN1CCC(Nc2cccnc2Br)CC1. The van der Waals surface area contributed by atoms with Crippen LogP contribution < -0.4 is 5.32 Å². The number of halogens is 1. The standard InChI is InChI=1S/C12H18BrN3/c1-2-16-8-5-10(6-9-16)15-11-4-3-7-14-12(11)13/h3-4,7,10,15H,2,5-6,8-9H2,1H3. The lowest BCUT2D eigenvalue weighted by Crippen LogP contribution is -2.38. The molecule has 16 heavy (non-hydrogen) atoms. The van der Waals surface area contributed by atoms with E-state index >= 15 is 0 Å². The van der Waals surface area contributed by atoms with E-state index in [9.17, 15) is 0 Å². The number of aromatic nitrogens is 1. The molecule has 1 aromatic heterocycles. The molecule has 0 bridgehead atoms. The molecule has 2 heterocycles. The van der Waals surface area contributed by atoms with Gasteiger partial charge in [-0.05, 0) is 47.4 Å². The fourth-order valence-electron chi connectivity index (χ4n) is 2.11. The molecule has 0 atom stereocenters. The first-order valence-corrected chi connectivity index (χ1v) is 6.68. The molecule has 88 valence electrons. The number of rotatable bonds is 3. The molecule has 0 aromatic carbocycles. The normalized spacial score (nSPS) is 18.6. The second-order valence-electron chi connectivity index (χ2n) is 4.19. The number of likely N-dealkylation sites (tertiary alicyclic amines) is 1. The van der Waals surface area contributed by atoms with Gasteiger partial charge in [0.2, 0.25) is 0 Å². The van der Waals surface area contributed by atoms with Crippen LogP contribution in [-0.2, 0) is 0 Å². The van der Waals surface area contributed by atoms with Gasteiger partial charge in [0.1, 0.15) is 4.60 Å². The van der Waals surface area contributed by atoms with Gasteiger partial charge in [-0.25, -0.2) is 4.98 Å². The Balaban J connectivity index is 1.89. The highest BCUT2D eigenvalue weighted by molar-refractivity contribution is 9.10. The summed E-state index contributed by atoms with van der Waals surface area (Å²) in [6, 6.07) is 4.63. The number of piperidine rings is 1. The number of nitrogens with zero attached hydrogens (tertiary/aromatic N) is 2. The van der Waals surface area contributed by atoms with Crippen molar-refractivity contribution in [3.63, 3.8) is 0 Å². The van der Waals surface area contributed by atoms with Crippen LogP contribution in [0.25, 0.3) is 0 Å². The van der Waals surface area contributed by atoms with Crippen LogP contribution >= 0.6 is 15.9 Å². The molecule has 1 N–H and O–H groups in total. The maximum absolute atomic E-state index is 4.22.